The number of fused-ring (bicyclic) bond motifs is 1. The molecule has 0 fully saturated rings. The first-order valence-corrected chi connectivity index (χ1v) is 14.7. The molecule has 0 saturated carbocycles. The maximum Gasteiger partial charge on any atom is 0.263 e. The number of carbonyl (C=O) groups excluding carboxylic acids is 1. The fourth-order valence-electron chi connectivity index (χ4n) is 5.71. The molecular weight excluding hydrogens is 449 g/mol. The van der Waals surface area contributed by atoms with Crippen molar-refractivity contribution < 1.29 is 23.5 Å². The van der Waals surface area contributed by atoms with Crippen LogP contribution in [0.25, 0.3) is 10.8 Å². The van der Waals surface area contributed by atoms with Gasteiger partial charge in [-0.05, 0) is 55.2 Å². The van der Waals surface area contributed by atoms with E-state index in [4.69, 9.17) is 9.47 Å². The average molecular weight is 480 g/mol. The Bertz CT molecular complexity index is 1250. The molecule has 2 aliphatic rings. The Morgan fingerprint density at radius 1 is 1.18 bits per heavy atom. The van der Waals surface area contributed by atoms with Crippen LogP contribution in [0.15, 0.2) is 54.6 Å². The minimum Gasteiger partial charge on any atom is -0.490 e. The highest BCUT2D eigenvalue weighted by molar-refractivity contribution is 6.72. The summed E-state index contributed by atoms with van der Waals surface area (Å²) in [7, 11) is -1.45. The zero-order valence-corrected chi connectivity index (χ0v) is 20.9. The predicted octanol–water partition coefficient (Wildman–Crippen LogP) is 6.14. The highest BCUT2D eigenvalue weighted by Gasteiger charge is 2.47. The third-order valence-electron chi connectivity index (χ3n) is 7.35. The van der Waals surface area contributed by atoms with Crippen molar-refractivity contribution in [1.29, 1.82) is 0 Å². The van der Waals surface area contributed by atoms with E-state index in [0.717, 1.165) is 27.7 Å². The smallest absolute Gasteiger partial charge is 0.263 e. The van der Waals surface area contributed by atoms with Crippen LogP contribution in [0.5, 0.6) is 5.75 Å². The lowest BCUT2D eigenvalue weighted by molar-refractivity contribution is -0.0250. The number of anilines is 2. The van der Waals surface area contributed by atoms with E-state index < -0.39 is 14.5 Å². The quantitative estimate of drug-likeness (QED) is 0.341. The van der Waals surface area contributed by atoms with Crippen molar-refractivity contribution in [2.24, 2.45) is 5.92 Å². The molecule has 2 aliphatic heterocycles. The van der Waals surface area contributed by atoms with Gasteiger partial charge in [0.15, 0.2) is 0 Å². The van der Waals surface area contributed by atoms with Gasteiger partial charge >= 0.3 is 0 Å². The summed E-state index contributed by atoms with van der Waals surface area (Å²) in [4.78, 5) is 15.1. The van der Waals surface area contributed by atoms with Crippen LogP contribution < -0.4 is 9.64 Å². The van der Waals surface area contributed by atoms with E-state index >= 15 is 4.11 Å². The van der Waals surface area contributed by atoms with Gasteiger partial charge in [0.25, 0.3) is 5.91 Å². The topological polar surface area (TPSA) is 59.0 Å². The first kappa shape index (κ1) is 23.0. The lowest BCUT2D eigenvalue weighted by Crippen LogP contribution is -2.46. The molecular formula is C27H30FNO4Si. The van der Waals surface area contributed by atoms with Crippen molar-refractivity contribution in [3.63, 3.8) is 0 Å². The number of nitrogens with zero attached hydrogens (tertiary/aromatic N) is 1. The van der Waals surface area contributed by atoms with Gasteiger partial charge in [-0.1, -0.05) is 31.2 Å². The number of benzene rings is 3. The van der Waals surface area contributed by atoms with E-state index in [9.17, 15) is 9.90 Å². The summed E-state index contributed by atoms with van der Waals surface area (Å²) >= 11 is 0. The van der Waals surface area contributed by atoms with E-state index in [1.54, 1.807) is 25.1 Å². The van der Waals surface area contributed by atoms with Gasteiger partial charge in [0.2, 0.25) is 8.41 Å². The summed E-state index contributed by atoms with van der Waals surface area (Å²) in [5, 5.41) is 11.6. The Hall–Kier alpha value is -2.74. The monoisotopic (exact) mass is 479 g/mol. The Labute approximate surface area is 200 Å². The van der Waals surface area contributed by atoms with Crippen LogP contribution in [0.4, 0.5) is 15.5 Å². The largest absolute Gasteiger partial charge is 0.490 e. The fourth-order valence-corrected chi connectivity index (χ4v) is 7.68. The molecule has 2 heterocycles. The minimum atomic E-state index is -3.10. The second-order valence-corrected chi connectivity index (χ2v) is 13.7. The van der Waals surface area contributed by atoms with Crippen molar-refractivity contribution in [2.75, 3.05) is 18.6 Å². The maximum absolute atomic E-state index is 15.2. The van der Waals surface area contributed by atoms with E-state index in [1.165, 1.54) is 0 Å². The van der Waals surface area contributed by atoms with E-state index in [2.05, 4.69) is 0 Å². The van der Waals surface area contributed by atoms with Gasteiger partial charge in [-0.15, -0.1) is 0 Å². The molecule has 5 rings (SSSR count). The summed E-state index contributed by atoms with van der Waals surface area (Å²) in [6, 6.07) is 17.4. The number of rotatable bonds is 6. The second-order valence-electron chi connectivity index (χ2n) is 9.82. The molecule has 178 valence electrons. The summed E-state index contributed by atoms with van der Waals surface area (Å²) < 4.78 is 27.5. The van der Waals surface area contributed by atoms with Gasteiger partial charge < -0.3 is 18.7 Å². The molecule has 0 spiro atoms. The lowest BCUT2D eigenvalue weighted by atomic mass is 9.86. The molecule has 0 aliphatic carbocycles. The first-order valence-electron chi connectivity index (χ1n) is 11.8. The summed E-state index contributed by atoms with van der Waals surface area (Å²) in [6.45, 7) is 5.27. The number of carbonyl (C=O) groups is 1. The van der Waals surface area contributed by atoms with Crippen LogP contribution in [0.2, 0.25) is 18.6 Å². The second kappa shape index (κ2) is 8.48. The van der Waals surface area contributed by atoms with Gasteiger partial charge in [-0.25, -0.2) is 0 Å². The minimum absolute atomic E-state index is 0.0587. The first-order chi connectivity index (χ1) is 16.3. The van der Waals surface area contributed by atoms with Gasteiger partial charge in [0.1, 0.15) is 11.9 Å². The average Bonchev–Trinajstić information content (AvgIpc) is 3.10. The fraction of sp³-hybridized carbons (Fsp3) is 0.370. The standard InChI is InChI=1S/C27H30FNO4Si/c1-16-25(32-2)20-15-18(11-12-22(20)33-26(16)23(13-14-30)34(3,4)28)29-21-10-6-8-17-7-5-9-19(24(17)21)27(29)31/h5-12,15-16,23,25-26,30H,13-14H2,1-4H3/t16-,23?,25-,26-/m0/s1. The van der Waals surface area contributed by atoms with Crippen molar-refractivity contribution >= 4 is 36.5 Å². The molecule has 1 N–H and O–H groups in total. The third kappa shape index (κ3) is 3.54. The lowest BCUT2D eigenvalue weighted by Gasteiger charge is -2.43. The number of aliphatic hydroxyl groups excluding tert-OH is 1. The zero-order valence-electron chi connectivity index (χ0n) is 19.9. The number of ether oxygens (including phenoxy) is 2. The Balaban J connectivity index is 1.56. The Kier molecular flexibility index (Phi) is 5.74. The molecule has 1 unspecified atom stereocenters. The molecule has 0 aromatic heterocycles. The maximum atomic E-state index is 15.2. The Morgan fingerprint density at radius 3 is 2.59 bits per heavy atom. The number of hydrogen-bond donors (Lipinski definition) is 1. The van der Waals surface area contributed by atoms with Crippen molar-refractivity contribution in [1.82, 2.24) is 0 Å². The number of halogens is 1. The third-order valence-corrected chi connectivity index (χ3v) is 9.73. The number of hydrogen-bond acceptors (Lipinski definition) is 4. The number of aliphatic hydroxyl groups is 1. The molecule has 4 atom stereocenters. The van der Waals surface area contributed by atoms with Gasteiger partial charge in [0.05, 0.1) is 17.4 Å². The predicted molar refractivity (Wildman–Crippen MR) is 134 cm³/mol. The van der Waals surface area contributed by atoms with Crippen molar-refractivity contribution in [3.8, 4) is 5.75 Å². The van der Waals surface area contributed by atoms with Crippen LogP contribution >= 0.6 is 0 Å². The molecule has 5 nitrogen and oxygen atoms in total. The Morgan fingerprint density at radius 2 is 1.91 bits per heavy atom. The number of amides is 1. The van der Waals surface area contributed by atoms with Crippen LogP contribution in [-0.2, 0) is 4.74 Å². The SMILES string of the molecule is CO[C@@H]1c2cc(N3C(=O)c4cccc5cccc3c45)ccc2O[C@H](C(CCO)[Si](C)(C)F)[C@H]1C. The number of methoxy groups -OCH3 is 1. The zero-order chi connectivity index (χ0) is 24.2. The van der Waals surface area contributed by atoms with Crippen LogP contribution in [0.1, 0.15) is 35.4 Å². The van der Waals surface area contributed by atoms with Crippen molar-refractivity contribution in [3.05, 3.63) is 65.7 Å². The van der Waals surface area contributed by atoms with Crippen LogP contribution in [-0.4, -0.2) is 39.2 Å². The van der Waals surface area contributed by atoms with Gasteiger partial charge in [0, 0.05) is 41.8 Å². The van der Waals surface area contributed by atoms with Gasteiger partial charge in [-0.3, -0.25) is 9.69 Å². The van der Waals surface area contributed by atoms with E-state index in [-0.39, 0.29) is 30.1 Å². The summed E-state index contributed by atoms with van der Waals surface area (Å²) in [5.74, 6) is 0.459. The summed E-state index contributed by atoms with van der Waals surface area (Å²) in [5.41, 5.74) is 2.80. The summed E-state index contributed by atoms with van der Waals surface area (Å²) in [6.07, 6.45) is -0.352. The molecule has 3 aromatic carbocycles. The molecule has 0 saturated heterocycles. The van der Waals surface area contributed by atoms with E-state index in [1.807, 2.05) is 61.5 Å². The highest BCUT2D eigenvalue weighted by atomic mass is 28.4. The normalized spacial score (nSPS) is 22.6. The van der Waals surface area contributed by atoms with Crippen LogP contribution in [0.3, 0.4) is 0 Å². The molecule has 3 aromatic rings. The van der Waals surface area contributed by atoms with E-state index in [0.29, 0.717) is 17.7 Å². The highest BCUT2D eigenvalue weighted by Crippen LogP contribution is 2.49. The molecule has 7 heteroatoms. The molecule has 0 bridgehead atoms. The van der Waals surface area contributed by atoms with Crippen LogP contribution in [0, 0.1) is 5.92 Å². The van der Waals surface area contributed by atoms with Gasteiger partial charge in [-0.2, -0.15) is 0 Å². The molecule has 0 radical (unpaired) electrons. The molecule has 1 amide bonds. The van der Waals surface area contributed by atoms with Crippen molar-refractivity contribution in [2.45, 2.75) is 44.2 Å². The molecule has 34 heavy (non-hydrogen) atoms.